The predicted octanol–water partition coefficient (Wildman–Crippen LogP) is 2.12. The highest BCUT2D eigenvalue weighted by Gasteiger charge is 2.22. The van der Waals surface area contributed by atoms with E-state index in [1.54, 1.807) is 12.1 Å². The number of nitrogens with one attached hydrogen (secondary N) is 2. The summed E-state index contributed by atoms with van der Waals surface area (Å²) in [5, 5.41) is 0. The number of benzene rings is 2. The molecule has 0 amide bonds. The standard InChI is InChI=1S/C21H29N3O2S/c1-21(2,3)17-9-11-18(12-10-17)27(25,26)22-19-7-5-6-8-20(19)24-15-13-23(4)14-16-24/h5-12,22H,13-16H2,1-4H3/p+1. The molecule has 0 saturated carbocycles. The van der Waals surface area contributed by atoms with Gasteiger partial charge in [0, 0.05) is 0 Å². The largest absolute Gasteiger partial charge is 0.359 e. The van der Waals surface area contributed by atoms with Crippen molar-refractivity contribution in [1.82, 2.24) is 0 Å². The number of quaternary nitrogens is 1. The molecule has 3 rings (SSSR count). The summed E-state index contributed by atoms with van der Waals surface area (Å²) in [7, 11) is -1.44. The Labute approximate surface area is 163 Å². The second-order valence-electron chi connectivity index (χ2n) is 8.34. The van der Waals surface area contributed by atoms with Crippen LogP contribution in [0.15, 0.2) is 53.4 Å². The van der Waals surface area contributed by atoms with Gasteiger partial charge in [0.15, 0.2) is 0 Å². The van der Waals surface area contributed by atoms with Crippen LogP contribution in [0.4, 0.5) is 11.4 Å². The van der Waals surface area contributed by atoms with E-state index in [2.05, 4.69) is 37.4 Å². The normalized spacial score (nSPS) is 16.4. The highest BCUT2D eigenvalue weighted by atomic mass is 32.2. The van der Waals surface area contributed by atoms with Gasteiger partial charge in [-0.05, 0) is 35.2 Å². The lowest BCUT2D eigenvalue weighted by Gasteiger charge is -2.33. The van der Waals surface area contributed by atoms with Gasteiger partial charge in [0.05, 0.1) is 49.5 Å². The molecule has 0 aromatic heterocycles. The molecule has 6 heteroatoms. The van der Waals surface area contributed by atoms with E-state index < -0.39 is 10.0 Å². The number of hydrogen-bond donors (Lipinski definition) is 2. The zero-order valence-electron chi connectivity index (χ0n) is 16.6. The van der Waals surface area contributed by atoms with Crippen LogP contribution in [0, 0.1) is 0 Å². The number of hydrogen-bond acceptors (Lipinski definition) is 3. The molecule has 1 saturated heterocycles. The Hall–Kier alpha value is -2.05. The molecule has 0 atom stereocenters. The van der Waals surface area contributed by atoms with E-state index in [1.165, 1.54) is 4.90 Å². The van der Waals surface area contributed by atoms with Crippen LogP contribution in [-0.4, -0.2) is 41.6 Å². The van der Waals surface area contributed by atoms with E-state index in [1.807, 2.05) is 36.4 Å². The zero-order valence-corrected chi connectivity index (χ0v) is 17.4. The highest BCUT2D eigenvalue weighted by molar-refractivity contribution is 7.92. The third-order valence-electron chi connectivity index (χ3n) is 5.14. The van der Waals surface area contributed by atoms with Crippen molar-refractivity contribution in [3.05, 3.63) is 54.1 Å². The lowest BCUT2D eigenvalue weighted by molar-refractivity contribution is -0.880. The van der Waals surface area contributed by atoms with Crippen LogP contribution in [0.1, 0.15) is 26.3 Å². The van der Waals surface area contributed by atoms with Gasteiger partial charge in [-0.2, -0.15) is 0 Å². The van der Waals surface area contributed by atoms with Crippen LogP contribution >= 0.6 is 0 Å². The molecule has 0 unspecified atom stereocenters. The van der Waals surface area contributed by atoms with Gasteiger partial charge in [-0.15, -0.1) is 0 Å². The molecule has 1 aliphatic heterocycles. The summed E-state index contributed by atoms with van der Waals surface area (Å²) in [6, 6.07) is 14.8. The van der Waals surface area contributed by atoms with Crippen molar-refractivity contribution in [2.75, 3.05) is 42.8 Å². The fourth-order valence-corrected chi connectivity index (χ4v) is 4.38. The average Bonchev–Trinajstić information content (AvgIpc) is 2.62. The third-order valence-corrected chi connectivity index (χ3v) is 6.52. The molecule has 5 nitrogen and oxygen atoms in total. The average molecular weight is 389 g/mol. The molecule has 0 aliphatic carbocycles. The Balaban J connectivity index is 1.84. The lowest BCUT2D eigenvalue weighted by Crippen LogP contribution is -3.12. The van der Waals surface area contributed by atoms with Crippen LogP contribution in [0.5, 0.6) is 0 Å². The van der Waals surface area contributed by atoms with E-state index >= 15 is 0 Å². The van der Waals surface area contributed by atoms with Crippen LogP contribution < -0.4 is 14.5 Å². The Morgan fingerprint density at radius 3 is 2.15 bits per heavy atom. The molecular weight excluding hydrogens is 358 g/mol. The Kier molecular flexibility index (Phi) is 5.49. The minimum atomic E-state index is -3.63. The molecule has 1 heterocycles. The molecule has 2 N–H and O–H groups in total. The Morgan fingerprint density at radius 1 is 0.963 bits per heavy atom. The highest BCUT2D eigenvalue weighted by Crippen LogP contribution is 2.29. The van der Waals surface area contributed by atoms with Gasteiger partial charge in [-0.25, -0.2) is 8.42 Å². The van der Waals surface area contributed by atoms with Gasteiger partial charge < -0.3 is 9.80 Å². The quantitative estimate of drug-likeness (QED) is 0.844. The molecule has 27 heavy (non-hydrogen) atoms. The predicted molar refractivity (Wildman–Crippen MR) is 111 cm³/mol. The summed E-state index contributed by atoms with van der Waals surface area (Å²) in [6.07, 6.45) is 0. The van der Waals surface area contributed by atoms with Gasteiger partial charge in [0.1, 0.15) is 0 Å². The van der Waals surface area contributed by atoms with Gasteiger partial charge >= 0.3 is 0 Å². The first kappa shape index (κ1) is 19.7. The van der Waals surface area contributed by atoms with E-state index in [0.29, 0.717) is 5.69 Å². The number of rotatable bonds is 4. The van der Waals surface area contributed by atoms with Crippen LogP contribution in [0.3, 0.4) is 0 Å². The zero-order chi connectivity index (χ0) is 19.7. The van der Waals surface area contributed by atoms with Crippen molar-refractivity contribution < 1.29 is 13.3 Å². The van der Waals surface area contributed by atoms with Gasteiger partial charge in [-0.3, -0.25) is 4.72 Å². The molecule has 0 bridgehead atoms. The molecule has 1 aliphatic rings. The number of likely N-dealkylation sites (N-methyl/N-ethyl adjacent to an activating group) is 1. The first-order valence-electron chi connectivity index (χ1n) is 9.45. The number of para-hydroxylation sites is 2. The van der Waals surface area contributed by atoms with E-state index in [9.17, 15) is 8.42 Å². The van der Waals surface area contributed by atoms with Crippen molar-refractivity contribution in [2.24, 2.45) is 0 Å². The van der Waals surface area contributed by atoms with Crippen molar-refractivity contribution in [3.63, 3.8) is 0 Å². The third kappa shape index (κ3) is 4.62. The molecular formula is C21H30N3O2S+. The topological polar surface area (TPSA) is 53.9 Å². The van der Waals surface area contributed by atoms with Crippen molar-refractivity contribution in [3.8, 4) is 0 Å². The number of piperazine rings is 1. The molecule has 2 aromatic carbocycles. The second-order valence-corrected chi connectivity index (χ2v) is 10.0. The van der Waals surface area contributed by atoms with E-state index in [4.69, 9.17) is 0 Å². The second kappa shape index (κ2) is 7.52. The Bertz CT molecular complexity index is 878. The first-order chi connectivity index (χ1) is 12.7. The van der Waals surface area contributed by atoms with Crippen LogP contribution in [0.2, 0.25) is 0 Å². The van der Waals surface area contributed by atoms with Crippen molar-refractivity contribution >= 4 is 21.4 Å². The number of sulfonamides is 1. The first-order valence-corrected chi connectivity index (χ1v) is 10.9. The summed E-state index contributed by atoms with van der Waals surface area (Å²) >= 11 is 0. The maximum atomic E-state index is 12.9. The molecule has 146 valence electrons. The Morgan fingerprint density at radius 2 is 1.56 bits per heavy atom. The number of anilines is 2. The fourth-order valence-electron chi connectivity index (χ4n) is 3.30. The summed E-state index contributed by atoms with van der Waals surface area (Å²) in [5.41, 5.74) is 2.68. The molecule has 0 spiro atoms. The van der Waals surface area contributed by atoms with Crippen LogP contribution in [0.25, 0.3) is 0 Å². The fraction of sp³-hybridized carbons (Fsp3) is 0.429. The monoisotopic (exact) mass is 388 g/mol. The SMILES string of the molecule is C[NH+]1CCN(c2ccccc2NS(=O)(=O)c2ccc(C(C)(C)C)cc2)CC1. The summed E-state index contributed by atoms with van der Waals surface area (Å²) in [5.74, 6) is 0. The maximum Gasteiger partial charge on any atom is 0.261 e. The van der Waals surface area contributed by atoms with E-state index in [-0.39, 0.29) is 10.3 Å². The molecule has 0 radical (unpaired) electrons. The smallest absolute Gasteiger partial charge is 0.261 e. The lowest BCUT2D eigenvalue weighted by atomic mass is 9.87. The van der Waals surface area contributed by atoms with Gasteiger partial charge in [-0.1, -0.05) is 45.0 Å². The molecule has 1 fully saturated rings. The van der Waals surface area contributed by atoms with E-state index in [0.717, 1.165) is 37.4 Å². The summed E-state index contributed by atoms with van der Waals surface area (Å²) < 4.78 is 28.6. The maximum absolute atomic E-state index is 12.9. The minimum absolute atomic E-state index is 0.00820. The van der Waals surface area contributed by atoms with Gasteiger partial charge in [0.2, 0.25) is 0 Å². The van der Waals surface area contributed by atoms with Crippen molar-refractivity contribution in [1.29, 1.82) is 0 Å². The van der Waals surface area contributed by atoms with Crippen molar-refractivity contribution in [2.45, 2.75) is 31.1 Å². The van der Waals surface area contributed by atoms with Crippen LogP contribution in [-0.2, 0) is 15.4 Å². The molecule has 2 aromatic rings. The number of nitrogens with zero attached hydrogens (tertiary/aromatic N) is 1. The minimum Gasteiger partial charge on any atom is -0.359 e. The summed E-state index contributed by atoms with van der Waals surface area (Å²) in [6.45, 7) is 10.3. The van der Waals surface area contributed by atoms with Gasteiger partial charge in [0.25, 0.3) is 10.0 Å². The summed E-state index contributed by atoms with van der Waals surface area (Å²) in [4.78, 5) is 4.05.